The van der Waals surface area contributed by atoms with Crippen molar-refractivity contribution in [3.05, 3.63) is 29.8 Å². The van der Waals surface area contributed by atoms with Gasteiger partial charge in [-0.2, -0.15) is 0 Å². The zero-order chi connectivity index (χ0) is 8.27. The van der Waals surface area contributed by atoms with Gasteiger partial charge in [-0.3, -0.25) is 0 Å². The van der Waals surface area contributed by atoms with Crippen LogP contribution in [-0.2, 0) is 0 Å². The second kappa shape index (κ2) is 3.16. The fourth-order valence-corrected chi connectivity index (χ4v) is 0.943. The van der Waals surface area contributed by atoms with Gasteiger partial charge < -0.3 is 10.4 Å². The van der Waals surface area contributed by atoms with Crippen LogP contribution < -0.4 is 5.32 Å². The fourth-order valence-electron chi connectivity index (χ4n) is 0.943. The first kappa shape index (κ1) is 7.75. The number of carboxylic acid groups (broad SMARTS) is 1. The maximum Gasteiger partial charge on any atom is 0.341 e. The van der Waals surface area contributed by atoms with E-state index in [1.54, 1.807) is 23.5 Å². The van der Waals surface area contributed by atoms with Crippen LogP contribution in [0.5, 0.6) is 0 Å². The minimum Gasteiger partial charge on any atom is -0.477 e. The van der Waals surface area contributed by atoms with Gasteiger partial charge in [-0.1, -0.05) is 12.1 Å². The number of para-hydroxylation sites is 1. The van der Waals surface area contributed by atoms with E-state index >= 15 is 0 Å². The van der Waals surface area contributed by atoms with Crippen LogP contribution in [0.3, 0.4) is 0 Å². The molecule has 0 spiro atoms. The summed E-state index contributed by atoms with van der Waals surface area (Å²) >= 11 is 0. The molecule has 1 aromatic rings. The molecule has 1 rings (SSSR count). The van der Waals surface area contributed by atoms with Gasteiger partial charge in [0, 0.05) is 0 Å². The Morgan fingerprint density at radius 3 is 2.55 bits per heavy atom. The van der Waals surface area contributed by atoms with Gasteiger partial charge in [-0.25, -0.2) is 4.79 Å². The van der Waals surface area contributed by atoms with E-state index in [-0.39, 0.29) is 0 Å². The van der Waals surface area contributed by atoms with Crippen LogP contribution in [0.25, 0.3) is 0 Å². The maximum atomic E-state index is 10.6. The number of nitrogens with two attached hydrogens (primary N) is 1. The highest BCUT2D eigenvalue weighted by atomic mass is 16.4. The predicted molar refractivity (Wildman–Crippen MR) is 40.9 cm³/mol. The molecule has 0 unspecified atom stereocenters. The summed E-state index contributed by atoms with van der Waals surface area (Å²) in [7, 11) is 1.82. The molecule has 0 aliphatic carbocycles. The molecular formula is C8H10NO2+. The van der Waals surface area contributed by atoms with Crippen LogP contribution in [0.4, 0.5) is 5.69 Å². The lowest BCUT2D eigenvalue weighted by Crippen LogP contribution is -2.73. The molecule has 0 radical (unpaired) electrons. The molecular weight excluding hydrogens is 142 g/mol. The number of hydrogen-bond acceptors (Lipinski definition) is 1. The summed E-state index contributed by atoms with van der Waals surface area (Å²) in [5.74, 6) is -0.876. The van der Waals surface area contributed by atoms with E-state index < -0.39 is 5.97 Å². The lowest BCUT2D eigenvalue weighted by atomic mass is 10.2. The molecule has 0 aromatic heterocycles. The lowest BCUT2D eigenvalue weighted by Gasteiger charge is -1.97. The largest absolute Gasteiger partial charge is 0.477 e. The van der Waals surface area contributed by atoms with Gasteiger partial charge in [0.2, 0.25) is 0 Å². The molecule has 0 amide bonds. The molecule has 0 aliphatic heterocycles. The number of benzene rings is 1. The summed E-state index contributed by atoms with van der Waals surface area (Å²) in [5.41, 5.74) is 1.12. The minimum absolute atomic E-state index is 0.356. The summed E-state index contributed by atoms with van der Waals surface area (Å²) in [6.45, 7) is 0. The first-order chi connectivity index (χ1) is 5.25. The highest BCUT2D eigenvalue weighted by Gasteiger charge is 2.09. The van der Waals surface area contributed by atoms with Crippen molar-refractivity contribution >= 4 is 11.7 Å². The van der Waals surface area contributed by atoms with E-state index in [1.807, 2.05) is 13.1 Å². The monoisotopic (exact) mass is 152 g/mol. The van der Waals surface area contributed by atoms with Crippen molar-refractivity contribution in [2.75, 3.05) is 7.05 Å². The molecule has 0 fully saturated rings. The van der Waals surface area contributed by atoms with Crippen molar-refractivity contribution in [2.24, 2.45) is 0 Å². The maximum absolute atomic E-state index is 10.6. The van der Waals surface area contributed by atoms with E-state index in [4.69, 9.17) is 5.11 Å². The Kier molecular flexibility index (Phi) is 2.23. The van der Waals surface area contributed by atoms with Gasteiger partial charge in [0.1, 0.15) is 11.3 Å². The van der Waals surface area contributed by atoms with Gasteiger partial charge in [0.05, 0.1) is 7.05 Å². The molecule has 11 heavy (non-hydrogen) atoms. The van der Waals surface area contributed by atoms with E-state index in [2.05, 4.69) is 0 Å². The quantitative estimate of drug-likeness (QED) is 0.595. The highest BCUT2D eigenvalue weighted by molar-refractivity contribution is 5.92. The van der Waals surface area contributed by atoms with Crippen molar-refractivity contribution in [2.45, 2.75) is 0 Å². The molecule has 1 aromatic carbocycles. The SMILES string of the molecule is C[NH2+]c1ccccc1C(=O)O. The average Bonchev–Trinajstić information content (AvgIpc) is 2.04. The Labute approximate surface area is 64.7 Å². The summed E-state index contributed by atoms with van der Waals surface area (Å²) in [5, 5.41) is 10.5. The molecule has 0 saturated heterocycles. The topological polar surface area (TPSA) is 53.9 Å². The average molecular weight is 152 g/mol. The van der Waals surface area contributed by atoms with Crippen LogP contribution in [0, 0.1) is 0 Å². The third kappa shape index (κ3) is 1.56. The molecule has 0 heterocycles. The molecule has 0 atom stereocenters. The number of quaternary nitrogens is 1. The molecule has 0 bridgehead atoms. The summed E-state index contributed by atoms with van der Waals surface area (Å²) in [4.78, 5) is 10.6. The third-order valence-electron chi connectivity index (χ3n) is 1.50. The molecule has 3 nitrogen and oxygen atoms in total. The van der Waals surface area contributed by atoms with E-state index in [1.165, 1.54) is 0 Å². The number of carbonyl (C=O) groups is 1. The standard InChI is InChI=1S/C8H9NO2/c1-9-7-5-3-2-4-6(7)8(10)11/h2-5,9H,1H3,(H,10,11)/p+1. The smallest absolute Gasteiger partial charge is 0.341 e. The van der Waals surface area contributed by atoms with Crippen LogP contribution in [0.2, 0.25) is 0 Å². The Morgan fingerprint density at radius 2 is 2.09 bits per heavy atom. The Hall–Kier alpha value is -1.35. The molecule has 3 heteroatoms. The van der Waals surface area contributed by atoms with Gasteiger partial charge in [-0.05, 0) is 12.1 Å². The normalized spacial score (nSPS) is 9.55. The fraction of sp³-hybridized carbons (Fsp3) is 0.125. The molecule has 0 saturated carbocycles. The van der Waals surface area contributed by atoms with Crippen molar-refractivity contribution in [3.8, 4) is 0 Å². The number of rotatable bonds is 2. The number of hydrogen-bond donors (Lipinski definition) is 2. The highest BCUT2D eigenvalue weighted by Crippen LogP contribution is 2.07. The first-order valence-electron chi connectivity index (χ1n) is 3.37. The predicted octanol–water partition coefficient (Wildman–Crippen LogP) is 0.209. The van der Waals surface area contributed by atoms with Gasteiger partial charge >= 0.3 is 5.97 Å². The first-order valence-corrected chi connectivity index (χ1v) is 3.37. The molecule has 3 N–H and O–H groups in total. The molecule has 58 valence electrons. The van der Waals surface area contributed by atoms with Gasteiger partial charge in [-0.15, -0.1) is 0 Å². The van der Waals surface area contributed by atoms with Crippen molar-refractivity contribution in [3.63, 3.8) is 0 Å². The van der Waals surface area contributed by atoms with Crippen LogP contribution in [0.1, 0.15) is 10.4 Å². The van der Waals surface area contributed by atoms with Crippen LogP contribution >= 0.6 is 0 Å². The van der Waals surface area contributed by atoms with Crippen molar-refractivity contribution in [1.29, 1.82) is 0 Å². The Morgan fingerprint density at radius 1 is 1.45 bits per heavy atom. The van der Waals surface area contributed by atoms with E-state index in [0.717, 1.165) is 5.69 Å². The number of carboxylic acids is 1. The number of aromatic carboxylic acids is 1. The summed E-state index contributed by atoms with van der Waals surface area (Å²) in [6.07, 6.45) is 0. The summed E-state index contributed by atoms with van der Waals surface area (Å²) < 4.78 is 0. The van der Waals surface area contributed by atoms with Crippen LogP contribution in [0.15, 0.2) is 24.3 Å². The second-order valence-corrected chi connectivity index (χ2v) is 2.18. The van der Waals surface area contributed by atoms with E-state index in [9.17, 15) is 4.79 Å². The Bertz CT molecular complexity index is 271. The Balaban J connectivity index is 3.12. The molecule has 0 aliphatic rings. The van der Waals surface area contributed by atoms with E-state index in [0.29, 0.717) is 5.56 Å². The van der Waals surface area contributed by atoms with Crippen molar-refractivity contribution in [1.82, 2.24) is 0 Å². The van der Waals surface area contributed by atoms with Crippen LogP contribution in [-0.4, -0.2) is 18.1 Å². The van der Waals surface area contributed by atoms with Crippen molar-refractivity contribution < 1.29 is 15.2 Å². The van der Waals surface area contributed by atoms with Gasteiger partial charge in [0.15, 0.2) is 0 Å². The lowest BCUT2D eigenvalue weighted by molar-refractivity contribution is -0.539. The minimum atomic E-state index is -0.876. The second-order valence-electron chi connectivity index (χ2n) is 2.18. The van der Waals surface area contributed by atoms with Gasteiger partial charge in [0.25, 0.3) is 0 Å². The zero-order valence-corrected chi connectivity index (χ0v) is 6.24. The summed E-state index contributed by atoms with van der Waals surface area (Å²) in [6, 6.07) is 6.92. The third-order valence-corrected chi connectivity index (χ3v) is 1.50. The zero-order valence-electron chi connectivity index (χ0n) is 6.24.